The molecule has 9 nitrogen and oxygen atoms in total. The van der Waals surface area contributed by atoms with E-state index in [1.807, 2.05) is 18.2 Å². The van der Waals surface area contributed by atoms with Gasteiger partial charge in [-0.3, -0.25) is 19.9 Å². The number of hydrogen-bond acceptors (Lipinski definition) is 6. The average Bonchev–Trinajstić information content (AvgIpc) is 3.34. The molecule has 1 unspecified atom stereocenters. The lowest BCUT2D eigenvalue weighted by Gasteiger charge is -2.28. The van der Waals surface area contributed by atoms with E-state index in [1.165, 1.54) is 24.9 Å². The summed E-state index contributed by atoms with van der Waals surface area (Å²) in [4.78, 5) is 46.3. The minimum Gasteiger partial charge on any atom is -0.497 e. The number of likely N-dealkylation sites (tertiary alicyclic amines) is 1. The summed E-state index contributed by atoms with van der Waals surface area (Å²) in [6.45, 7) is 2.47. The van der Waals surface area contributed by atoms with Crippen molar-refractivity contribution in [1.29, 1.82) is 0 Å². The van der Waals surface area contributed by atoms with E-state index in [-0.39, 0.29) is 12.5 Å². The van der Waals surface area contributed by atoms with Crippen molar-refractivity contribution >= 4 is 17.8 Å². The number of aromatic nitrogens is 1. The average molecular weight is 488 g/mol. The van der Waals surface area contributed by atoms with Crippen LogP contribution >= 0.6 is 0 Å². The Hall–Kier alpha value is -3.90. The minimum atomic E-state index is -1.55. The Labute approximate surface area is 210 Å². The van der Waals surface area contributed by atoms with Gasteiger partial charge in [-0.15, -0.1) is 0 Å². The van der Waals surface area contributed by atoms with Crippen LogP contribution in [0.4, 0.5) is 4.79 Å². The van der Waals surface area contributed by atoms with Crippen LogP contribution in [0.1, 0.15) is 40.0 Å². The number of methoxy groups -OCH3 is 1. The number of fused-ring (bicyclic) bond motifs is 1. The van der Waals surface area contributed by atoms with Gasteiger partial charge in [-0.05, 0) is 75.1 Å². The summed E-state index contributed by atoms with van der Waals surface area (Å²) in [6.07, 6.45) is 4.97. The molecule has 2 fully saturated rings. The SMILES string of the molecule is COc1ccc2c(c1)C(=O)N(CC1(C#Cc3ccc(CC4CCN(C)CC4)nc3)NC(=O)NC1=O)C2. The normalized spacial score (nSPS) is 22.1. The molecule has 2 saturated heterocycles. The summed E-state index contributed by atoms with van der Waals surface area (Å²) < 4.78 is 5.23. The van der Waals surface area contributed by atoms with Gasteiger partial charge < -0.3 is 19.9 Å². The summed E-state index contributed by atoms with van der Waals surface area (Å²) in [6, 6.07) is 8.52. The summed E-state index contributed by atoms with van der Waals surface area (Å²) in [7, 11) is 3.69. The van der Waals surface area contributed by atoms with Crippen LogP contribution in [-0.4, -0.2) is 72.0 Å². The molecule has 0 radical (unpaired) electrons. The lowest BCUT2D eigenvalue weighted by atomic mass is 9.92. The third-order valence-corrected chi connectivity index (χ3v) is 7.15. The molecule has 0 spiro atoms. The molecule has 1 atom stereocenters. The van der Waals surface area contributed by atoms with Crippen molar-refractivity contribution < 1.29 is 19.1 Å². The molecule has 3 aliphatic heterocycles. The first-order valence-corrected chi connectivity index (χ1v) is 12.1. The summed E-state index contributed by atoms with van der Waals surface area (Å²) in [5.74, 6) is 6.33. The second kappa shape index (κ2) is 9.63. The number of carbonyl (C=O) groups is 3. The summed E-state index contributed by atoms with van der Waals surface area (Å²) in [5, 5.41) is 4.90. The van der Waals surface area contributed by atoms with Crippen LogP contribution in [0.5, 0.6) is 5.75 Å². The van der Waals surface area contributed by atoms with Crippen molar-refractivity contribution in [3.05, 3.63) is 58.9 Å². The number of urea groups is 1. The number of nitrogens with zero attached hydrogens (tertiary/aromatic N) is 3. The number of nitrogens with one attached hydrogen (secondary N) is 2. The lowest BCUT2D eigenvalue weighted by molar-refractivity contribution is -0.122. The van der Waals surface area contributed by atoms with Crippen LogP contribution < -0.4 is 15.4 Å². The highest BCUT2D eigenvalue weighted by atomic mass is 16.5. The fourth-order valence-electron chi connectivity index (χ4n) is 4.97. The second-order valence-electron chi connectivity index (χ2n) is 9.74. The van der Waals surface area contributed by atoms with Gasteiger partial charge in [0.25, 0.3) is 11.8 Å². The maximum Gasteiger partial charge on any atom is 0.323 e. The standard InChI is InChI=1S/C27H29N5O4/c1-31-11-8-18(9-12-31)13-21-5-3-19(15-28-21)7-10-27(25(34)29-26(35)30-27)17-32-16-20-4-6-22(36-2)14-23(20)24(32)33/h3-6,14-15,18H,8-9,11-13,16-17H2,1-2H3,(H2,29,30,34,35). The number of hydrogen-bond donors (Lipinski definition) is 2. The molecule has 186 valence electrons. The van der Waals surface area contributed by atoms with Crippen LogP contribution in [-0.2, 0) is 17.8 Å². The van der Waals surface area contributed by atoms with Crippen molar-refractivity contribution in [2.75, 3.05) is 33.8 Å². The molecule has 2 aromatic rings. The molecular weight excluding hydrogens is 458 g/mol. The Morgan fingerprint density at radius 3 is 2.64 bits per heavy atom. The Kier molecular flexibility index (Phi) is 6.37. The molecule has 5 rings (SSSR count). The first kappa shape index (κ1) is 23.8. The summed E-state index contributed by atoms with van der Waals surface area (Å²) >= 11 is 0. The van der Waals surface area contributed by atoms with Gasteiger partial charge in [0.05, 0.1) is 13.7 Å². The highest BCUT2D eigenvalue weighted by molar-refractivity contribution is 6.10. The first-order valence-electron chi connectivity index (χ1n) is 12.1. The first-order chi connectivity index (χ1) is 17.3. The Bertz CT molecular complexity index is 1260. The number of benzene rings is 1. The van der Waals surface area contributed by atoms with Gasteiger partial charge in [0.1, 0.15) is 5.75 Å². The van der Waals surface area contributed by atoms with Crippen LogP contribution in [0.25, 0.3) is 0 Å². The quantitative estimate of drug-likeness (QED) is 0.490. The number of piperidine rings is 1. The highest BCUT2D eigenvalue weighted by Crippen LogP contribution is 2.28. The maximum atomic E-state index is 13.0. The molecule has 0 aliphatic carbocycles. The largest absolute Gasteiger partial charge is 0.497 e. The van der Waals surface area contributed by atoms with Crippen LogP contribution in [0.15, 0.2) is 36.5 Å². The van der Waals surface area contributed by atoms with Crippen LogP contribution in [0, 0.1) is 17.8 Å². The second-order valence-corrected chi connectivity index (χ2v) is 9.74. The van der Waals surface area contributed by atoms with E-state index < -0.39 is 17.5 Å². The molecule has 36 heavy (non-hydrogen) atoms. The molecule has 9 heteroatoms. The van der Waals surface area contributed by atoms with Crippen molar-refractivity contribution in [2.24, 2.45) is 5.92 Å². The van der Waals surface area contributed by atoms with E-state index >= 15 is 0 Å². The smallest absolute Gasteiger partial charge is 0.323 e. The predicted molar refractivity (Wildman–Crippen MR) is 132 cm³/mol. The van der Waals surface area contributed by atoms with Gasteiger partial charge in [-0.2, -0.15) is 0 Å². The zero-order valence-electron chi connectivity index (χ0n) is 20.5. The number of carbonyl (C=O) groups excluding carboxylic acids is 3. The predicted octanol–water partition coefficient (Wildman–Crippen LogP) is 1.56. The number of amides is 4. The van der Waals surface area contributed by atoms with Gasteiger partial charge >= 0.3 is 6.03 Å². The van der Waals surface area contributed by atoms with E-state index in [0.717, 1.165) is 30.8 Å². The van der Waals surface area contributed by atoms with E-state index in [2.05, 4.69) is 39.4 Å². The zero-order valence-corrected chi connectivity index (χ0v) is 20.5. The molecule has 0 saturated carbocycles. The fourth-order valence-corrected chi connectivity index (χ4v) is 4.97. The van der Waals surface area contributed by atoms with E-state index in [1.54, 1.807) is 18.3 Å². The molecular formula is C27H29N5O4. The van der Waals surface area contributed by atoms with Crippen LogP contribution in [0.3, 0.4) is 0 Å². The molecule has 4 heterocycles. The Morgan fingerprint density at radius 2 is 1.97 bits per heavy atom. The molecule has 0 bridgehead atoms. The third-order valence-electron chi connectivity index (χ3n) is 7.15. The monoisotopic (exact) mass is 487 g/mol. The number of ether oxygens (including phenoxy) is 1. The summed E-state index contributed by atoms with van der Waals surface area (Å²) in [5.41, 5.74) is 1.46. The minimum absolute atomic E-state index is 0.0744. The Balaban J connectivity index is 1.32. The molecule has 1 aromatic carbocycles. The van der Waals surface area contributed by atoms with Gasteiger partial charge in [0, 0.05) is 29.6 Å². The van der Waals surface area contributed by atoms with Crippen molar-refractivity contribution in [2.45, 2.75) is 31.3 Å². The van der Waals surface area contributed by atoms with Crippen molar-refractivity contribution in [3.63, 3.8) is 0 Å². The zero-order chi connectivity index (χ0) is 25.3. The number of pyridine rings is 1. The van der Waals surface area contributed by atoms with E-state index in [0.29, 0.717) is 29.3 Å². The molecule has 3 aliphatic rings. The van der Waals surface area contributed by atoms with Gasteiger partial charge in [-0.25, -0.2) is 4.79 Å². The van der Waals surface area contributed by atoms with Gasteiger partial charge in [0.15, 0.2) is 0 Å². The van der Waals surface area contributed by atoms with Crippen LogP contribution in [0.2, 0.25) is 0 Å². The van der Waals surface area contributed by atoms with Gasteiger partial charge in [0.2, 0.25) is 5.54 Å². The van der Waals surface area contributed by atoms with E-state index in [9.17, 15) is 14.4 Å². The molecule has 2 N–H and O–H groups in total. The van der Waals surface area contributed by atoms with Crippen molar-refractivity contribution in [3.8, 4) is 17.6 Å². The maximum absolute atomic E-state index is 13.0. The number of imide groups is 1. The molecule has 1 aromatic heterocycles. The lowest BCUT2D eigenvalue weighted by Crippen LogP contribution is -2.54. The fraction of sp³-hybridized carbons (Fsp3) is 0.407. The Morgan fingerprint density at radius 1 is 1.17 bits per heavy atom. The molecule has 4 amide bonds. The van der Waals surface area contributed by atoms with E-state index in [4.69, 9.17) is 4.74 Å². The number of rotatable bonds is 5. The highest BCUT2D eigenvalue weighted by Gasteiger charge is 2.48. The van der Waals surface area contributed by atoms with Gasteiger partial charge in [-0.1, -0.05) is 17.9 Å². The van der Waals surface area contributed by atoms with Crippen molar-refractivity contribution in [1.82, 2.24) is 25.4 Å². The third kappa shape index (κ3) is 4.77. The topological polar surface area (TPSA) is 104 Å².